The van der Waals surface area contributed by atoms with Crippen molar-refractivity contribution in [2.45, 2.75) is 38.6 Å². The summed E-state index contributed by atoms with van der Waals surface area (Å²) in [6, 6.07) is 9.44. The number of aliphatic carboxylic acids is 1. The first-order valence-corrected chi connectivity index (χ1v) is 22.4. The van der Waals surface area contributed by atoms with E-state index in [0.29, 0.717) is 32.5 Å². The zero-order valence-corrected chi connectivity index (χ0v) is 38.1. The summed E-state index contributed by atoms with van der Waals surface area (Å²) in [4.78, 5) is 66.3. The van der Waals surface area contributed by atoms with E-state index in [4.69, 9.17) is 42.4 Å². The minimum atomic E-state index is -4.37. The highest BCUT2D eigenvalue weighted by molar-refractivity contribution is 7.90. The van der Waals surface area contributed by atoms with Gasteiger partial charge in [0.15, 0.2) is 19.0 Å². The number of terminal acetylenes is 1. The molecule has 21 nitrogen and oxygen atoms in total. The van der Waals surface area contributed by atoms with E-state index < -0.39 is 50.2 Å². The van der Waals surface area contributed by atoms with E-state index in [0.717, 1.165) is 41.6 Å². The molecule has 4 N–H and O–H groups in total. The number of fused-ring (bicyclic) bond motifs is 3. The number of rotatable bonds is 10. The van der Waals surface area contributed by atoms with Crippen LogP contribution >= 0.6 is 34.5 Å². The van der Waals surface area contributed by atoms with E-state index in [1.807, 2.05) is 4.57 Å². The Morgan fingerprint density at radius 2 is 1.92 bits per heavy atom. The lowest BCUT2D eigenvalue weighted by Crippen LogP contribution is -2.39. The Bertz CT molecular complexity index is 3100. The van der Waals surface area contributed by atoms with E-state index in [-0.39, 0.29) is 47.9 Å². The largest absolute Gasteiger partial charge is 0.481 e. The molecular formula is C40H36ClFN10O11S3. The summed E-state index contributed by atoms with van der Waals surface area (Å²) in [7, 11) is -3.06. The summed E-state index contributed by atoms with van der Waals surface area (Å²) < 4.78 is 62.1. The number of carbonyl (C=O) groups is 4. The average Bonchev–Trinajstić information content (AvgIpc) is 3.98. The smallest absolute Gasteiger partial charge is 0.347 e. The van der Waals surface area contributed by atoms with Gasteiger partial charge in [0.05, 0.1) is 24.4 Å². The summed E-state index contributed by atoms with van der Waals surface area (Å²) in [5, 5.41) is 22.2. The highest BCUT2D eigenvalue weighted by Crippen LogP contribution is 2.38. The Kier molecular flexibility index (Phi) is 14.8. The fourth-order valence-corrected chi connectivity index (χ4v) is 9.33. The number of hydrogen-bond donors (Lipinski definition) is 4. The lowest BCUT2D eigenvalue weighted by Gasteiger charge is -2.28. The summed E-state index contributed by atoms with van der Waals surface area (Å²) in [5.74, 6) is 0.915. The highest BCUT2D eigenvalue weighted by Gasteiger charge is 2.32. The monoisotopic (exact) mass is 982 g/mol. The first-order valence-electron chi connectivity index (χ1n) is 18.9. The van der Waals surface area contributed by atoms with Gasteiger partial charge >= 0.3 is 24.0 Å². The van der Waals surface area contributed by atoms with E-state index >= 15 is 0 Å². The summed E-state index contributed by atoms with van der Waals surface area (Å²) in [5.41, 5.74) is 1.24. The SMILES string of the molecule is C#CCN1C(=O)COc2cc(F)c(/N=c3\snc4n3CC(C)(C)C4)cc21.COc1nc(C)nc(NC(=O)NS(=O)(=O)c2ccsc2C(=O)O)n1.O=C(O)COc1ccc(Cl)c2cccnc12. The Labute approximate surface area is 387 Å². The number of nitrogens with one attached hydrogen (secondary N) is 2. The molecule has 66 heavy (non-hydrogen) atoms. The molecule has 0 unspecified atom stereocenters. The lowest BCUT2D eigenvalue weighted by molar-refractivity contribution is -0.139. The number of methoxy groups -OCH3 is 1. The molecule has 0 aliphatic carbocycles. The minimum absolute atomic E-state index is 0.0633. The normalized spacial score (nSPS) is 13.7. The Balaban J connectivity index is 0.000000168. The van der Waals surface area contributed by atoms with Crippen LogP contribution in [0.5, 0.6) is 17.5 Å². The maximum atomic E-state index is 14.5. The third-order valence-electron chi connectivity index (χ3n) is 8.94. The number of ether oxygens (including phenoxy) is 3. The number of pyridine rings is 1. The van der Waals surface area contributed by atoms with Gasteiger partial charge in [-0.2, -0.15) is 19.3 Å². The molecule has 0 saturated carbocycles. The number of urea groups is 1. The molecule has 6 heterocycles. The van der Waals surface area contributed by atoms with Gasteiger partial charge in [0, 0.05) is 42.1 Å². The average molecular weight is 983 g/mol. The van der Waals surface area contributed by atoms with Gasteiger partial charge in [-0.3, -0.25) is 20.0 Å². The number of thiophene rings is 1. The Hall–Kier alpha value is -7.27. The molecule has 3 amide bonds. The molecule has 0 saturated heterocycles. The molecule has 0 spiro atoms. The number of benzene rings is 2. The van der Waals surface area contributed by atoms with Crippen molar-refractivity contribution in [3.63, 3.8) is 0 Å². The first-order chi connectivity index (χ1) is 31.3. The zero-order valence-electron chi connectivity index (χ0n) is 34.9. The van der Waals surface area contributed by atoms with Crippen LogP contribution in [0.25, 0.3) is 10.9 Å². The van der Waals surface area contributed by atoms with E-state index in [9.17, 15) is 32.0 Å². The van der Waals surface area contributed by atoms with Crippen LogP contribution in [0.3, 0.4) is 0 Å². The molecule has 0 fully saturated rings. The number of halogens is 2. The van der Waals surface area contributed by atoms with Crippen LogP contribution in [-0.4, -0.2) is 98.3 Å². The molecule has 2 aliphatic rings. The number of aromatic carboxylic acids is 1. The van der Waals surface area contributed by atoms with E-state index in [1.54, 1.807) is 35.2 Å². The van der Waals surface area contributed by atoms with Gasteiger partial charge in [-0.05, 0) is 54.1 Å². The summed E-state index contributed by atoms with van der Waals surface area (Å²) in [6.07, 6.45) is 7.82. The fourth-order valence-electron chi connectivity index (χ4n) is 6.19. The van der Waals surface area contributed by atoms with Gasteiger partial charge in [-0.15, -0.1) is 17.8 Å². The van der Waals surface area contributed by atoms with Gasteiger partial charge in [-0.1, -0.05) is 31.4 Å². The maximum absolute atomic E-state index is 14.5. The highest BCUT2D eigenvalue weighted by atomic mass is 35.5. The second-order valence-electron chi connectivity index (χ2n) is 14.5. The predicted octanol–water partition coefficient (Wildman–Crippen LogP) is 5.07. The number of carboxylic acids is 2. The molecule has 2 aromatic carbocycles. The number of sulfonamides is 1. The van der Waals surface area contributed by atoms with Crippen molar-refractivity contribution < 1.29 is 56.4 Å². The quantitative estimate of drug-likeness (QED) is 0.130. The molecule has 344 valence electrons. The molecule has 8 rings (SSSR count). The molecular weight excluding hydrogens is 947 g/mol. The summed E-state index contributed by atoms with van der Waals surface area (Å²) in [6.45, 7) is 6.18. The van der Waals surface area contributed by atoms with Gasteiger partial charge in [0.25, 0.3) is 15.9 Å². The van der Waals surface area contributed by atoms with Crippen molar-refractivity contribution in [3.05, 3.63) is 86.2 Å². The van der Waals surface area contributed by atoms with Crippen LogP contribution in [-0.2, 0) is 32.6 Å². The first kappa shape index (κ1) is 48.2. The third kappa shape index (κ3) is 11.5. The topological polar surface area (TPSA) is 280 Å². The van der Waals surface area contributed by atoms with Gasteiger partial charge in [0.2, 0.25) is 10.7 Å². The number of carbonyl (C=O) groups excluding carboxylic acids is 2. The van der Waals surface area contributed by atoms with Crippen molar-refractivity contribution in [3.8, 4) is 29.9 Å². The minimum Gasteiger partial charge on any atom is -0.481 e. The number of anilines is 2. The lowest BCUT2D eigenvalue weighted by atomic mass is 9.92. The number of carboxylic acid groups (broad SMARTS) is 2. The molecule has 0 atom stereocenters. The van der Waals surface area contributed by atoms with Gasteiger partial charge < -0.3 is 29.0 Å². The van der Waals surface area contributed by atoms with Crippen LogP contribution in [0.1, 0.15) is 35.2 Å². The number of nitrogens with zero attached hydrogens (tertiary/aromatic N) is 8. The van der Waals surface area contributed by atoms with Crippen molar-refractivity contribution in [2.75, 3.05) is 37.1 Å². The second kappa shape index (κ2) is 20.3. The molecule has 4 aromatic heterocycles. The molecule has 0 bridgehead atoms. The molecule has 0 radical (unpaired) electrons. The fraction of sp³-hybridized carbons (Fsp3) is 0.250. The summed E-state index contributed by atoms with van der Waals surface area (Å²) >= 11 is 7.94. The van der Waals surface area contributed by atoms with E-state index in [2.05, 4.69) is 54.4 Å². The van der Waals surface area contributed by atoms with Crippen LogP contribution in [0.15, 0.2) is 63.9 Å². The number of hydrogen-bond acceptors (Lipinski definition) is 17. The second-order valence-corrected chi connectivity index (χ2v) is 18.2. The van der Waals surface area contributed by atoms with Gasteiger partial charge in [0.1, 0.15) is 44.1 Å². The van der Waals surface area contributed by atoms with E-state index in [1.165, 1.54) is 48.0 Å². The van der Waals surface area contributed by atoms with Crippen LogP contribution in [0, 0.1) is 30.5 Å². The van der Waals surface area contributed by atoms with Crippen molar-refractivity contribution in [1.82, 2.24) is 33.6 Å². The van der Waals surface area contributed by atoms with Crippen LogP contribution in [0.2, 0.25) is 5.02 Å². The third-order valence-corrected chi connectivity index (χ3v) is 12.5. The standard InChI is InChI=1S/C18H17FN4O2S.C11H8ClNO3.C11H11N5O6S2/c1-4-5-22-13-7-12(11(19)6-14(13)25-9-16(22)24)20-17-23-10-18(2,3)8-15(23)21-26-17;12-8-3-4-9(16-6-10(14)15)11-7(8)2-1-5-13-11;1-5-12-9(15-11(13-5)22-2)14-10(19)16-24(20,21)6-3-4-23-7(6)8(17)18/h1,6-7H,5,8-10H2,2-3H3;1-5H,6H2,(H,14,15);3-4H,1-2H3,(H,17,18)(H2,12,13,14,15,16,19)/b20-17-;;. The van der Waals surface area contributed by atoms with Crippen molar-refractivity contribution in [1.29, 1.82) is 0 Å². The van der Waals surface area contributed by atoms with Crippen molar-refractivity contribution >= 4 is 96.6 Å². The van der Waals surface area contributed by atoms with Crippen molar-refractivity contribution in [2.24, 2.45) is 10.4 Å². The zero-order chi connectivity index (χ0) is 47.9. The maximum Gasteiger partial charge on any atom is 0.347 e. The number of amides is 3. The number of aromatic nitrogens is 6. The molecule has 26 heteroatoms. The van der Waals surface area contributed by atoms with Crippen LogP contribution < -0.4 is 34.0 Å². The molecule has 2 aliphatic heterocycles. The van der Waals surface area contributed by atoms with Gasteiger partial charge in [-0.25, -0.2) is 36.9 Å². The Morgan fingerprint density at radius 3 is 2.64 bits per heavy atom. The molecule has 6 aromatic rings. The Morgan fingerprint density at radius 1 is 1.15 bits per heavy atom. The van der Waals surface area contributed by atoms with Crippen LogP contribution in [0.4, 0.5) is 26.5 Å². The predicted molar refractivity (Wildman–Crippen MR) is 238 cm³/mol. The number of aryl methyl sites for hydroxylation is 1.